The number of hydrogen-bond acceptors (Lipinski definition) is 4. The Kier molecular flexibility index (Phi) is 5.01. The van der Waals surface area contributed by atoms with Gasteiger partial charge in [-0.3, -0.25) is 9.69 Å². The minimum atomic E-state index is -1.13. The van der Waals surface area contributed by atoms with Crippen molar-refractivity contribution < 1.29 is 14.7 Å². The summed E-state index contributed by atoms with van der Waals surface area (Å²) >= 11 is 6.43. The van der Waals surface area contributed by atoms with Crippen LogP contribution in [0.2, 0.25) is 0 Å². The van der Waals surface area contributed by atoms with Gasteiger partial charge in [0.2, 0.25) is 0 Å². The highest BCUT2D eigenvalue weighted by molar-refractivity contribution is 8.26. The van der Waals surface area contributed by atoms with E-state index in [-0.39, 0.29) is 10.2 Å². The molecule has 1 unspecified atom stereocenters. The van der Waals surface area contributed by atoms with Gasteiger partial charge in [-0.15, -0.1) is 0 Å². The minimum absolute atomic E-state index is 0.251. The van der Waals surface area contributed by atoms with E-state index in [1.807, 2.05) is 31.2 Å². The molecule has 2 aromatic carbocycles. The lowest BCUT2D eigenvalue weighted by atomic mass is 10.1. The molecule has 0 spiro atoms. The average molecular weight is 369 g/mol. The predicted molar refractivity (Wildman–Crippen MR) is 103 cm³/mol. The van der Waals surface area contributed by atoms with Crippen LogP contribution in [0.4, 0.5) is 0 Å². The predicted octanol–water partition coefficient (Wildman–Crippen LogP) is 4.02. The number of hydrogen-bond donors (Lipinski definition) is 1. The largest absolute Gasteiger partial charge is 0.479 e. The Hall–Kier alpha value is -2.44. The molecule has 6 heteroatoms. The first-order chi connectivity index (χ1) is 12.0. The maximum atomic E-state index is 12.8. The molecule has 0 saturated carbocycles. The quantitative estimate of drug-likeness (QED) is 0.651. The number of carboxylic acid groups (broad SMARTS) is 1. The lowest BCUT2D eigenvalue weighted by Gasteiger charge is -2.23. The molecule has 1 amide bonds. The molecule has 1 atom stereocenters. The van der Waals surface area contributed by atoms with Gasteiger partial charge in [-0.2, -0.15) is 0 Å². The van der Waals surface area contributed by atoms with Gasteiger partial charge >= 0.3 is 5.97 Å². The molecule has 1 aliphatic rings. The zero-order valence-electron chi connectivity index (χ0n) is 13.4. The summed E-state index contributed by atoms with van der Waals surface area (Å²) in [6.07, 6.45) is 1.76. The maximum Gasteiger partial charge on any atom is 0.331 e. The molecular formula is C19H15NO3S2. The second kappa shape index (κ2) is 7.21. The Balaban J connectivity index is 1.98. The van der Waals surface area contributed by atoms with E-state index < -0.39 is 12.0 Å². The van der Waals surface area contributed by atoms with E-state index in [4.69, 9.17) is 12.2 Å². The minimum Gasteiger partial charge on any atom is -0.479 e. The van der Waals surface area contributed by atoms with Crippen LogP contribution in [0.5, 0.6) is 0 Å². The van der Waals surface area contributed by atoms with Crippen molar-refractivity contribution in [3.8, 4) is 0 Å². The van der Waals surface area contributed by atoms with Gasteiger partial charge in [0.25, 0.3) is 5.91 Å². The van der Waals surface area contributed by atoms with Crippen molar-refractivity contribution in [2.45, 2.75) is 13.0 Å². The fourth-order valence-corrected chi connectivity index (χ4v) is 3.93. The summed E-state index contributed by atoms with van der Waals surface area (Å²) in [6, 6.07) is 15.2. The van der Waals surface area contributed by atoms with Gasteiger partial charge < -0.3 is 5.11 Å². The number of amides is 1. The fourth-order valence-electron chi connectivity index (χ4n) is 2.63. The monoisotopic (exact) mass is 369 g/mol. The Morgan fingerprint density at radius 3 is 2.44 bits per heavy atom. The molecule has 1 saturated heterocycles. The molecule has 25 heavy (non-hydrogen) atoms. The summed E-state index contributed by atoms with van der Waals surface area (Å²) in [5.74, 6) is -1.49. The van der Waals surface area contributed by atoms with Gasteiger partial charge in [-0.25, -0.2) is 4.79 Å². The number of benzene rings is 2. The molecule has 0 aromatic heterocycles. The van der Waals surface area contributed by atoms with Crippen LogP contribution in [-0.2, 0) is 9.59 Å². The molecule has 1 heterocycles. The van der Waals surface area contributed by atoms with Gasteiger partial charge in [0, 0.05) is 0 Å². The summed E-state index contributed by atoms with van der Waals surface area (Å²) in [7, 11) is 0. The van der Waals surface area contributed by atoms with E-state index in [1.165, 1.54) is 4.90 Å². The molecule has 0 aliphatic carbocycles. The van der Waals surface area contributed by atoms with Gasteiger partial charge in [0.05, 0.1) is 4.91 Å². The zero-order chi connectivity index (χ0) is 18.0. The Labute approximate surface area is 155 Å². The van der Waals surface area contributed by atoms with Crippen LogP contribution in [0.25, 0.3) is 6.08 Å². The van der Waals surface area contributed by atoms with Gasteiger partial charge in [-0.05, 0) is 29.7 Å². The highest BCUT2D eigenvalue weighted by Crippen LogP contribution is 2.38. The van der Waals surface area contributed by atoms with Crippen LogP contribution >= 0.6 is 24.0 Å². The Morgan fingerprint density at radius 2 is 1.80 bits per heavy atom. The number of nitrogens with zero attached hydrogens (tertiary/aromatic N) is 1. The smallest absolute Gasteiger partial charge is 0.331 e. The van der Waals surface area contributed by atoms with Gasteiger partial charge in [0.15, 0.2) is 6.04 Å². The lowest BCUT2D eigenvalue weighted by Crippen LogP contribution is -2.37. The lowest BCUT2D eigenvalue weighted by molar-refractivity contribution is -0.145. The van der Waals surface area contributed by atoms with Crippen molar-refractivity contribution in [3.63, 3.8) is 0 Å². The highest BCUT2D eigenvalue weighted by Gasteiger charge is 2.41. The second-order valence-corrected chi connectivity index (χ2v) is 7.24. The number of carbonyl (C=O) groups excluding carboxylic acids is 1. The van der Waals surface area contributed by atoms with Crippen LogP contribution in [0.15, 0.2) is 59.5 Å². The third-order valence-corrected chi connectivity index (χ3v) is 5.24. The van der Waals surface area contributed by atoms with Gasteiger partial charge in [0.1, 0.15) is 4.32 Å². The number of rotatable bonds is 4. The first-order valence-corrected chi connectivity index (χ1v) is 8.82. The van der Waals surface area contributed by atoms with E-state index in [0.29, 0.717) is 10.5 Å². The van der Waals surface area contributed by atoms with Gasteiger partial charge in [-0.1, -0.05) is 78.6 Å². The topological polar surface area (TPSA) is 57.6 Å². The molecule has 3 rings (SSSR count). The zero-order valence-corrected chi connectivity index (χ0v) is 15.0. The van der Waals surface area contributed by atoms with Crippen LogP contribution < -0.4 is 0 Å². The molecule has 4 nitrogen and oxygen atoms in total. The Morgan fingerprint density at radius 1 is 1.16 bits per heavy atom. The van der Waals surface area contributed by atoms with Crippen molar-refractivity contribution in [1.82, 2.24) is 4.90 Å². The van der Waals surface area contributed by atoms with E-state index >= 15 is 0 Å². The normalized spacial score (nSPS) is 17.2. The number of aryl methyl sites for hydroxylation is 1. The van der Waals surface area contributed by atoms with E-state index in [9.17, 15) is 14.7 Å². The molecule has 0 bridgehead atoms. The SMILES string of the molecule is Cc1ccccc1/C=C1\SC(=S)N(C(C(=O)O)c2ccccc2)C1=O. The van der Waals surface area contributed by atoms with Crippen LogP contribution in [0, 0.1) is 6.92 Å². The standard InChI is InChI=1S/C19H15NO3S2/c1-12-7-5-6-10-14(12)11-15-17(21)20(19(24)25-15)16(18(22)23)13-8-3-2-4-9-13/h2-11,16H,1H3,(H,22,23)/b15-11-. The first kappa shape index (κ1) is 17.4. The molecule has 1 aliphatic heterocycles. The molecule has 1 N–H and O–H groups in total. The molecule has 1 fully saturated rings. The van der Waals surface area contributed by atoms with Crippen molar-refractivity contribution in [3.05, 3.63) is 76.2 Å². The summed E-state index contributed by atoms with van der Waals surface area (Å²) in [4.78, 5) is 26.3. The molecule has 0 radical (unpaired) electrons. The van der Waals surface area contributed by atoms with Crippen LogP contribution in [-0.4, -0.2) is 26.2 Å². The van der Waals surface area contributed by atoms with Crippen LogP contribution in [0.1, 0.15) is 22.7 Å². The number of carboxylic acids is 1. The maximum absolute atomic E-state index is 12.8. The molecular weight excluding hydrogens is 354 g/mol. The summed E-state index contributed by atoms with van der Waals surface area (Å²) in [5.41, 5.74) is 2.46. The van der Waals surface area contributed by atoms with E-state index in [0.717, 1.165) is 22.9 Å². The Bertz CT molecular complexity index is 877. The second-order valence-electron chi connectivity index (χ2n) is 5.56. The van der Waals surface area contributed by atoms with E-state index in [2.05, 4.69) is 0 Å². The molecule has 126 valence electrons. The fraction of sp³-hybridized carbons (Fsp3) is 0.105. The number of thiocarbonyl (C=S) groups is 1. The third kappa shape index (κ3) is 3.50. The average Bonchev–Trinajstić information content (AvgIpc) is 2.86. The first-order valence-electron chi connectivity index (χ1n) is 7.59. The van der Waals surface area contributed by atoms with Crippen LogP contribution in [0.3, 0.4) is 0 Å². The van der Waals surface area contributed by atoms with E-state index in [1.54, 1.807) is 36.4 Å². The van der Waals surface area contributed by atoms with Crippen molar-refractivity contribution >= 4 is 46.3 Å². The highest BCUT2D eigenvalue weighted by atomic mass is 32.2. The van der Waals surface area contributed by atoms with Crippen molar-refractivity contribution in [2.75, 3.05) is 0 Å². The third-order valence-electron chi connectivity index (χ3n) is 3.91. The summed E-state index contributed by atoms with van der Waals surface area (Å²) in [6.45, 7) is 1.95. The number of thioether (sulfide) groups is 1. The van der Waals surface area contributed by atoms with Crippen molar-refractivity contribution in [2.24, 2.45) is 0 Å². The summed E-state index contributed by atoms with van der Waals surface area (Å²) < 4.78 is 0.251. The number of aliphatic carboxylic acids is 1. The van der Waals surface area contributed by atoms with Crippen molar-refractivity contribution in [1.29, 1.82) is 0 Å². The molecule has 2 aromatic rings. The number of carbonyl (C=O) groups is 2. The summed E-state index contributed by atoms with van der Waals surface area (Å²) in [5, 5.41) is 9.66.